The van der Waals surface area contributed by atoms with Crippen molar-refractivity contribution in [3.05, 3.63) is 54.0 Å². The Morgan fingerprint density at radius 1 is 1.13 bits per heavy atom. The molecule has 0 aliphatic carbocycles. The van der Waals surface area contributed by atoms with Gasteiger partial charge in [0.25, 0.3) is 5.91 Å². The average Bonchev–Trinajstić information content (AvgIpc) is 3.41. The van der Waals surface area contributed by atoms with Gasteiger partial charge < -0.3 is 14.1 Å². The summed E-state index contributed by atoms with van der Waals surface area (Å²) in [4.78, 5) is 14.8. The third-order valence-electron chi connectivity index (χ3n) is 5.53. The van der Waals surface area contributed by atoms with Crippen LogP contribution in [0.15, 0.2) is 52.0 Å². The zero-order valence-electron chi connectivity index (χ0n) is 16.8. The van der Waals surface area contributed by atoms with Crippen LogP contribution in [0.4, 0.5) is 0 Å². The Kier molecular flexibility index (Phi) is 6.20. The molecule has 0 unspecified atom stereocenters. The van der Waals surface area contributed by atoms with Gasteiger partial charge in [-0.3, -0.25) is 4.79 Å². The van der Waals surface area contributed by atoms with Crippen molar-refractivity contribution >= 4 is 25.8 Å². The number of ether oxygens (including phenoxy) is 1. The summed E-state index contributed by atoms with van der Waals surface area (Å²) in [5, 5.41) is 0. The van der Waals surface area contributed by atoms with E-state index in [9.17, 15) is 21.6 Å². The Balaban J connectivity index is 1.56. The van der Waals surface area contributed by atoms with Crippen molar-refractivity contribution in [2.24, 2.45) is 0 Å². The zero-order valence-corrected chi connectivity index (χ0v) is 18.5. The maximum Gasteiger partial charge on any atom is 0.254 e. The smallest absolute Gasteiger partial charge is 0.254 e. The molecule has 1 atom stereocenters. The van der Waals surface area contributed by atoms with Crippen molar-refractivity contribution in [3.8, 4) is 0 Å². The Morgan fingerprint density at radius 3 is 2.42 bits per heavy atom. The Morgan fingerprint density at radius 2 is 1.84 bits per heavy atom. The molecular weight excluding hydrogens is 444 g/mol. The van der Waals surface area contributed by atoms with Crippen molar-refractivity contribution in [2.75, 3.05) is 37.8 Å². The molecule has 3 heterocycles. The molecule has 0 bridgehead atoms. The summed E-state index contributed by atoms with van der Waals surface area (Å²) in [6, 6.07) is 8.72. The van der Waals surface area contributed by atoms with Gasteiger partial charge >= 0.3 is 0 Å². The van der Waals surface area contributed by atoms with Gasteiger partial charge in [-0.05, 0) is 42.8 Å². The van der Waals surface area contributed by atoms with Gasteiger partial charge in [0.15, 0.2) is 9.84 Å². The molecule has 2 fully saturated rings. The minimum Gasteiger partial charge on any atom is -0.467 e. The van der Waals surface area contributed by atoms with E-state index in [1.807, 2.05) is 0 Å². The van der Waals surface area contributed by atoms with Gasteiger partial charge in [-0.1, -0.05) is 0 Å². The van der Waals surface area contributed by atoms with Crippen molar-refractivity contribution in [3.63, 3.8) is 0 Å². The SMILES string of the molecule is O=C(c1ccc(S(=O)(=O)N2CCOCC2)cc1)N(Cc1ccco1)[C@@H]1CCS(=O)(=O)C1. The van der Waals surface area contributed by atoms with E-state index in [4.69, 9.17) is 9.15 Å². The summed E-state index contributed by atoms with van der Waals surface area (Å²) >= 11 is 0. The third kappa shape index (κ3) is 4.84. The first-order valence-corrected chi connectivity index (χ1v) is 13.2. The number of benzene rings is 1. The van der Waals surface area contributed by atoms with Gasteiger partial charge in [0.2, 0.25) is 10.0 Å². The van der Waals surface area contributed by atoms with Crippen LogP contribution in [-0.4, -0.2) is 75.8 Å². The van der Waals surface area contributed by atoms with Gasteiger partial charge in [0.1, 0.15) is 5.76 Å². The number of sulfone groups is 1. The number of carbonyl (C=O) groups excluding carboxylic acids is 1. The summed E-state index contributed by atoms with van der Waals surface area (Å²) in [6.07, 6.45) is 1.85. The lowest BCUT2D eigenvalue weighted by atomic mass is 10.1. The number of morpholine rings is 1. The second kappa shape index (κ2) is 8.73. The summed E-state index contributed by atoms with van der Waals surface area (Å²) < 4.78 is 61.4. The second-order valence-corrected chi connectivity index (χ2v) is 11.8. The fourth-order valence-corrected chi connectivity index (χ4v) is 6.97. The fraction of sp³-hybridized carbons (Fsp3) is 0.450. The molecule has 4 rings (SSSR count). The maximum absolute atomic E-state index is 13.2. The molecule has 0 spiro atoms. The normalized spacial score (nSPS) is 21.7. The molecule has 2 aliphatic heterocycles. The van der Waals surface area contributed by atoms with E-state index in [1.54, 1.807) is 12.1 Å². The molecular formula is C20H24N2O7S2. The van der Waals surface area contributed by atoms with E-state index >= 15 is 0 Å². The van der Waals surface area contributed by atoms with Gasteiger partial charge in [0, 0.05) is 24.7 Å². The summed E-state index contributed by atoms with van der Waals surface area (Å²) in [7, 11) is -6.86. The molecule has 168 valence electrons. The molecule has 0 N–H and O–H groups in total. The lowest BCUT2D eigenvalue weighted by Crippen LogP contribution is -2.41. The van der Waals surface area contributed by atoms with Gasteiger partial charge in [-0.25, -0.2) is 16.8 Å². The highest BCUT2D eigenvalue weighted by Gasteiger charge is 2.35. The molecule has 2 aromatic rings. The van der Waals surface area contributed by atoms with E-state index in [0.717, 1.165) is 0 Å². The highest BCUT2D eigenvalue weighted by atomic mass is 32.2. The van der Waals surface area contributed by atoms with Crippen LogP contribution in [0.5, 0.6) is 0 Å². The van der Waals surface area contributed by atoms with Crippen LogP contribution in [0, 0.1) is 0 Å². The topological polar surface area (TPSA) is 114 Å². The number of carbonyl (C=O) groups is 1. The van der Waals surface area contributed by atoms with Crippen molar-refractivity contribution in [2.45, 2.75) is 23.9 Å². The molecule has 9 nitrogen and oxygen atoms in total. The highest BCUT2D eigenvalue weighted by Crippen LogP contribution is 2.24. The number of furan rings is 1. The molecule has 1 aromatic heterocycles. The number of amides is 1. The number of nitrogens with zero attached hydrogens (tertiary/aromatic N) is 2. The van der Waals surface area contributed by atoms with Crippen LogP contribution >= 0.6 is 0 Å². The number of rotatable bonds is 6. The molecule has 2 saturated heterocycles. The predicted octanol–water partition coefficient (Wildman–Crippen LogP) is 1.13. The molecule has 0 saturated carbocycles. The standard InChI is InChI=1S/C20H24N2O7S2/c23-20(22(14-18-2-1-10-29-18)17-7-13-30(24,25)15-17)16-3-5-19(6-4-16)31(26,27)21-8-11-28-12-9-21/h1-6,10,17H,7-9,11-15H2/t17-/m1/s1. The first-order valence-electron chi connectivity index (χ1n) is 9.98. The minimum atomic E-state index is -3.66. The quantitative estimate of drug-likeness (QED) is 0.624. The second-order valence-electron chi connectivity index (χ2n) is 7.61. The lowest BCUT2D eigenvalue weighted by molar-refractivity contribution is 0.0666. The maximum atomic E-state index is 13.2. The van der Waals surface area contributed by atoms with E-state index < -0.39 is 25.9 Å². The molecule has 31 heavy (non-hydrogen) atoms. The van der Waals surface area contributed by atoms with Crippen molar-refractivity contribution in [1.29, 1.82) is 0 Å². The van der Waals surface area contributed by atoms with Gasteiger partial charge in [-0.15, -0.1) is 0 Å². The predicted molar refractivity (Wildman–Crippen MR) is 112 cm³/mol. The Labute approximate surface area is 181 Å². The lowest BCUT2D eigenvalue weighted by Gasteiger charge is -2.28. The molecule has 11 heteroatoms. The van der Waals surface area contributed by atoms with Crippen LogP contribution < -0.4 is 0 Å². The summed E-state index contributed by atoms with van der Waals surface area (Å²) in [5.41, 5.74) is 0.289. The molecule has 1 aromatic carbocycles. The minimum absolute atomic E-state index is 0.0380. The van der Waals surface area contributed by atoms with Crippen LogP contribution in [0.25, 0.3) is 0 Å². The van der Waals surface area contributed by atoms with Gasteiger partial charge in [-0.2, -0.15) is 4.31 Å². The van der Waals surface area contributed by atoms with Crippen LogP contribution in [0.1, 0.15) is 22.5 Å². The molecule has 0 radical (unpaired) electrons. The summed E-state index contributed by atoms with van der Waals surface area (Å²) in [6.45, 7) is 1.41. The number of hydrogen-bond donors (Lipinski definition) is 0. The largest absolute Gasteiger partial charge is 0.467 e. The van der Waals surface area contributed by atoms with Crippen LogP contribution in [0.2, 0.25) is 0 Å². The highest BCUT2D eigenvalue weighted by molar-refractivity contribution is 7.91. The van der Waals surface area contributed by atoms with E-state index in [0.29, 0.717) is 25.4 Å². The van der Waals surface area contributed by atoms with Crippen LogP contribution in [-0.2, 0) is 31.1 Å². The third-order valence-corrected chi connectivity index (χ3v) is 9.19. The molecule has 1 amide bonds. The average molecular weight is 469 g/mol. The van der Waals surface area contributed by atoms with E-state index in [1.165, 1.54) is 39.7 Å². The van der Waals surface area contributed by atoms with Crippen molar-refractivity contribution in [1.82, 2.24) is 9.21 Å². The first-order chi connectivity index (χ1) is 14.8. The van der Waals surface area contributed by atoms with Crippen molar-refractivity contribution < 1.29 is 30.8 Å². The Bertz CT molecular complexity index is 1120. The van der Waals surface area contributed by atoms with Crippen LogP contribution in [0.3, 0.4) is 0 Å². The van der Waals surface area contributed by atoms with E-state index in [-0.39, 0.29) is 47.5 Å². The van der Waals surface area contributed by atoms with Gasteiger partial charge in [0.05, 0.1) is 42.4 Å². The fourth-order valence-electron chi connectivity index (χ4n) is 3.83. The Hall–Kier alpha value is -2.21. The monoisotopic (exact) mass is 468 g/mol. The number of sulfonamides is 1. The number of hydrogen-bond acceptors (Lipinski definition) is 7. The summed E-state index contributed by atoms with van der Waals surface area (Å²) in [5.74, 6) is 0.122. The first kappa shape index (κ1) is 22.0. The zero-order chi connectivity index (χ0) is 22.1. The molecule has 2 aliphatic rings. The van der Waals surface area contributed by atoms with E-state index in [2.05, 4.69) is 0 Å².